The molecule has 2 N–H and O–H groups in total. The molecule has 0 unspecified atom stereocenters. The van der Waals surface area contributed by atoms with Crippen LogP contribution in [0.4, 0.5) is 0 Å². The van der Waals surface area contributed by atoms with Crippen LogP contribution in [0.15, 0.2) is 23.5 Å². The van der Waals surface area contributed by atoms with Gasteiger partial charge in [-0.05, 0) is 31.4 Å². The predicted octanol–water partition coefficient (Wildman–Crippen LogP) is 3.37. The van der Waals surface area contributed by atoms with Gasteiger partial charge in [0.15, 0.2) is 5.96 Å². The van der Waals surface area contributed by atoms with Crippen molar-refractivity contribution in [1.82, 2.24) is 25.0 Å². The van der Waals surface area contributed by atoms with Gasteiger partial charge in [-0.2, -0.15) is 5.10 Å². The Bertz CT molecular complexity index is 695. The van der Waals surface area contributed by atoms with Gasteiger partial charge in [-0.15, -0.1) is 24.0 Å². The third kappa shape index (κ3) is 6.71. The van der Waals surface area contributed by atoms with Gasteiger partial charge in [0.1, 0.15) is 5.15 Å². The van der Waals surface area contributed by atoms with Gasteiger partial charge >= 0.3 is 0 Å². The van der Waals surface area contributed by atoms with Gasteiger partial charge < -0.3 is 15.2 Å². The van der Waals surface area contributed by atoms with E-state index in [9.17, 15) is 0 Å². The fraction of sp³-hybridized carbons (Fsp3) is 0.500. The van der Waals surface area contributed by atoms with Gasteiger partial charge in [-0.1, -0.05) is 23.2 Å². The van der Waals surface area contributed by atoms with Crippen LogP contribution in [0.1, 0.15) is 24.6 Å². The lowest BCUT2D eigenvalue weighted by molar-refractivity contribution is 0.736. The fourth-order valence-corrected chi connectivity index (χ4v) is 2.76. The molecule has 0 spiro atoms. The van der Waals surface area contributed by atoms with Gasteiger partial charge in [0.05, 0.1) is 17.8 Å². The van der Waals surface area contributed by atoms with Crippen LogP contribution in [0.5, 0.6) is 0 Å². The highest BCUT2D eigenvalue weighted by atomic mass is 127. The van der Waals surface area contributed by atoms with Crippen LogP contribution in [-0.2, 0) is 27.1 Å². The Morgan fingerprint density at radius 2 is 2.04 bits per heavy atom. The fourth-order valence-electron chi connectivity index (χ4n) is 2.34. The summed E-state index contributed by atoms with van der Waals surface area (Å²) >= 11 is 12.1. The van der Waals surface area contributed by atoms with Gasteiger partial charge in [0, 0.05) is 39.1 Å². The summed E-state index contributed by atoms with van der Waals surface area (Å²) in [5.74, 6) is 0.789. The molecular formula is C16H25Cl2IN6. The van der Waals surface area contributed by atoms with Gasteiger partial charge in [0.25, 0.3) is 0 Å². The molecule has 2 aromatic heterocycles. The lowest BCUT2D eigenvalue weighted by Gasteiger charge is -2.11. The van der Waals surface area contributed by atoms with Crippen molar-refractivity contribution in [2.24, 2.45) is 19.1 Å². The Morgan fingerprint density at radius 3 is 2.60 bits per heavy atom. The molecular weight excluding hydrogens is 474 g/mol. The first-order valence-electron chi connectivity index (χ1n) is 8.00. The molecule has 2 aromatic rings. The number of aryl methyl sites for hydroxylation is 2. The van der Waals surface area contributed by atoms with E-state index in [1.807, 2.05) is 48.7 Å². The molecule has 2 rings (SSSR count). The summed E-state index contributed by atoms with van der Waals surface area (Å²) in [6, 6.07) is 1.85. The number of guanidine groups is 1. The number of nitrogens with one attached hydrogen (secondary N) is 2. The Hall–Kier alpha value is -0.930. The molecule has 2 heterocycles. The summed E-state index contributed by atoms with van der Waals surface area (Å²) in [6.45, 7) is 4.21. The summed E-state index contributed by atoms with van der Waals surface area (Å²) in [4.78, 5) is 4.59. The first-order chi connectivity index (χ1) is 11.5. The molecule has 0 saturated heterocycles. The summed E-state index contributed by atoms with van der Waals surface area (Å²) < 4.78 is 3.67. The molecule has 25 heavy (non-hydrogen) atoms. The van der Waals surface area contributed by atoms with Crippen LogP contribution in [0.25, 0.3) is 0 Å². The molecule has 6 nitrogen and oxygen atoms in total. The van der Waals surface area contributed by atoms with Crippen molar-refractivity contribution in [3.05, 3.63) is 39.9 Å². The third-order valence-electron chi connectivity index (χ3n) is 3.65. The Kier molecular flexibility index (Phi) is 9.66. The smallest absolute Gasteiger partial charge is 0.191 e. The second-order valence-electron chi connectivity index (χ2n) is 5.58. The number of hydrogen-bond donors (Lipinski definition) is 2. The molecule has 0 radical (unpaired) electrons. The predicted molar refractivity (Wildman–Crippen MR) is 115 cm³/mol. The minimum Gasteiger partial charge on any atom is -0.357 e. The van der Waals surface area contributed by atoms with E-state index in [0.717, 1.165) is 37.6 Å². The topological polar surface area (TPSA) is 59.2 Å². The summed E-state index contributed by atoms with van der Waals surface area (Å²) in [6.07, 6.45) is 5.95. The molecule has 0 atom stereocenters. The first kappa shape index (κ1) is 22.1. The quantitative estimate of drug-likeness (QED) is 0.266. The van der Waals surface area contributed by atoms with Crippen molar-refractivity contribution in [2.45, 2.75) is 26.3 Å². The van der Waals surface area contributed by atoms with Crippen LogP contribution < -0.4 is 10.6 Å². The molecule has 0 aromatic carbocycles. The Morgan fingerprint density at radius 1 is 1.28 bits per heavy atom. The van der Waals surface area contributed by atoms with Crippen LogP contribution in [0.3, 0.4) is 0 Å². The number of hydrogen-bond acceptors (Lipinski definition) is 2. The minimum absolute atomic E-state index is 0. The monoisotopic (exact) mass is 498 g/mol. The lowest BCUT2D eigenvalue weighted by Crippen LogP contribution is -2.37. The summed E-state index contributed by atoms with van der Waals surface area (Å²) in [5.41, 5.74) is 2.21. The van der Waals surface area contributed by atoms with Gasteiger partial charge in [-0.3, -0.25) is 4.68 Å². The average Bonchev–Trinajstić information content (AvgIpc) is 3.08. The van der Waals surface area contributed by atoms with Gasteiger partial charge in [-0.25, -0.2) is 4.99 Å². The standard InChI is InChI=1S/C16H24Cl2N6.HI/c1-4-19-16(20-7-5-6-12-9-22-23(2)11-12)21-10-13-8-14(17)15(18)24(13)3;/h8-9,11H,4-7,10H2,1-3H3,(H2,19,20,21);1H. The maximum atomic E-state index is 6.08. The number of nitrogens with zero attached hydrogens (tertiary/aromatic N) is 4. The number of halogens is 3. The average molecular weight is 499 g/mol. The largest absolute Gasteiger partial charge is 0.357 e. The van der Waals surface area contributed by atoms with Crippen LogP contribution in [0.2, 0.25) is 10.2 Å². The highest BCUT2D eigenvalue weighted by Crippen LogP contribution is 2.25. The van der Waals surface area contributed by atoms with Crippen molar-refractivity contribution in [1.29, 1.82) is 0 Å². The molecule has 0 fully saturated rings. The Balaban J connectivity index is 0.00000312. The van der Waals surface area contributed by atoms with Crippen LogP contribution in [-0.4, -0.2) is 33.4 Å². The third-order valence-corrected chi connectivity index (χ3v) is 4.49. The molecule has 0 aliphatic carbocycles. The Labute approximate surface area is 176 Å². The van der Waals surface area contributed by atoms with E-state index in [4.69, 9.17) is 23.2 Å². The van der Waals surface area contributed by atoms with E-state index in [-0.39, 0.29) is 24.0 Å². The van der Waals surface area contributed by atoms with Crippen LogP contribution in [0, 0.1) is 0 Å². The summed E-state index contributed by atoms with van der Waals surface area (Å²) in [7, 11) is 3.81. The van der Waals surface area contributed by atoms with Crippen molar-refractivity contribution in [3.8, 4) is 0 Å². The zero-order valence-electron chi connectivity index (χ0n) is 14.7. The van der Waals surface area contributed by atoms with Crippen molar-refractivity contribution in [2.75, 3.05) is 13.1 Å². The maximum Gasteiger partial charge on any atom is 0.191 e. The second-order valence-corrected chi connectivity index (χ2v) is 6.35. The molecule has 0 amide bonds. The van der Waals surface area contributed by atoms with E-state index in [1.54, 1.807) is 0 Å². The number of aromatic nitrogens is 3. The van der Waals surface area contributed by atoms with E-state index in [1.165, 1.54) is 5.56 Å². The highest BCUT2D eigenvalue weighted by molar-refractivity contribution is 14.0. The van der Waals surface area contributed by atoms with E-state index >= 15 is 0 Å². The van der Waals surface area contributed by atoms with E-state index < -0.39 is 0 Å². The van der Waals surface area contributed by atoms with E-state index in [0.29, 0.717) is 16.7 Å². The minimum atomic E-state index is 0. The zero-order valence-corrected chi connectivity index (χ0v) is 18.6. The van der Waals surface area contributed by atoms with Gasteiger partial charge in [0.2, 0.25) is 0 Å². The lowest BCUT2D eigenvalue weighted by atomic mass is 10.2. The molecule has 0 aliphatic heterocycles. The summed E-state index contributed by atoms with van der Waals surface area (Å²) in [5, 5.41) is 11.9. The normalized spacial score (nSPS) is 11.3. The van der Waals surface area contributed by atoms with Crippen molar-refractivity contribution >= 4 is 53.1 Å². The number of aliphatic imine (C=N–C) groups is 1. The molecule has 9 heteroatoms. The molecule has 0 saturated carbocycles. The zero-order chi connectivity index (χ0) is 17.5. The van der Waals surface area contributed by atoms with Crippen molar-refractivity contribution < 1.29 is 0 Å². The second kappa shape index (κ2) is 10.9. The first-order valence-corrected chi connectivity index (χ1v) is 8.76. The number of rotatable bonds is 7. The molecule has 0 aliphatic rings. The highest BCUT2D eigenvalue weighted by Gasteiger charge is 2.08. The molecule has 0 bridgehead atoms. The van der Waals surface area contributed by atoms with Crippen molar-refractivity contribution in [3.63, 3.8) is 0 Å². The van der Waals surface area contributed by atoms with E-state index in [2.05, 4.69) is 20.7 Å². The SMILES string of the molecule is CCNC(=NCc1cc(Cl)c(Cl)n1C)NCCCc1cnn(C)c1.I. The maximum absolute atomic E-state index is 6.08. The van der Waals surface area contributed by atoms with Crippen LogP contribution >= 0.6 is 47.2 Å². The molecule has 140 valence electrons.